The van der Waals surface area contributed by atoms with Crippen LogP contribution in [-0.4, -0.2) is 38.4 Å². The van der Waals surface area contributed by atoms with Gasteiger partial charge in [-0.25, -0.2) is 9.59 Å². The van der Waals surface area contributed by atoms with E-state index in [0.29, 0.717) is 25.0 Å². The number of hydrogen-bond donors (Lipinski definition) is 0. The topological polar surface area (TPSA) is 89.5 Å². The van der Waals surface area contributed by atoms with E-state index < -0.39 is 11.9 Å². The highest BCUT2D eigenvalue weighted by atomic mass is 17.3. The fourth-order valence-electron chi connectivity index (χ4n) is 2.71. The van der Waals surface area contributed by atoms with E-state index in [-0.39, 0.29) is 30.6 Å². The average Bonchev–Trinajstić information content (AvgIpc) is 2.84. The Balaban J connectivity index is 1.92. The van der Waals surface area contributed by atoms with E-state index in [2.05, 4.69) is 34.6 Å². The van der Waals surface area contributed by atoms with Gasteiger partial charge in [-0.1, -0.05) is 52.0 Å². The Labute approximate surface area is 200 Å². The summed E-state index contributed by atoms with van der Waals surface area (Å²) in [7, 11) is 0. The van der Waals surface area contributed by atoms with Crippen molar-refractivity contribution in [2.24, 2.45) is 0 Å². The van der Waals surface area contributed by atoms with E-state index in [0.717, 1.165) is 11.1 Å². The Hall–Kier alpha value is -2.78. The van der Waals surface area contributed by atoms with Crippen molar-refractivity contribution in [3.05, 3.63) is 84.0 Å². The highest BCUT2D eigenvalue weighted by Crippen LogP contribution is 2.18. The monoisotopic (exact) mass is 472 g/mol. The van der Waals surface area contributed by atoms with Crippen molar-refractivity contribution in [2.45, 2.75) is 39.5 Å². The zero-order chi connectivity index (χ0) is 24.9. The molecule has 0 atom stereocenters. The molecule has 0 fully saturated rings. The van der Waals surface area contributed by atoms with Crippen molar-refractivity contribution in [3.63, 3.8) is 0 Å². The number of ether oxygens (including phenoxy) is 2. The van der Waals surface area contributed by atoms with E-state index in [1.165, 1.54) is 0 Å². The standard InChI is InChI=1S/C26H32O8/c1-6-29-15-16-30-17-24(31-33-25(27)22-11-7-20(8-12-22)18(2)3)32-34-26(28)23-13-9-21(10-14-23)19(4)5/h7-14,18-19H,1,6,15-17H2,2-5H3. The fourth-order valence-corrected chi connectivity index (χ4v) is 2.71. The minimum atomic E-state index is -0.743. The van der Waals surface area contributed by atoms with Crippen molar-refractivity contribution in [3.8, 4) is 0 Å². The van der Waals surface area contributed by atoms with Gasteiger partial charge < -0.3 is 9.47 Å². The molecule has 0 N–H and O–H groups in total. The van der Waals surface area contributed by atoms with Crippen LogP contribution >= 0.6 is 0 Å². The van der Waals surface area contributed by atoms with Crippen molar-refractivity contribution >= 4 is 11.9 Å². The lowest BCUT2D eigenvalue weighted by Gasteiger charge is -2.14. The number of benzene rings is 2. The second-order valence-electron chi connectivity index (χ2n) is 8.00. The van der Waals surface area contributed by atoms with E-state index >= 15 is 0 Å². The molecule has 8 nitrogen and oxygen atoms in total. The van der Waals surface area contributed by atoms with Crippen LogP contribution in [0.4, 0.5) is 0 Å². The SMILES string of the molecule is [CH2]COCCOC[C](OOC(=O)c1ccc(C(C)C)cc1)OOC(=O)c1ccc(C(C)C)cc1. The summed E-state index contributed by atoms with van der Waals surface area (Å²) in [6, 6.07) is 13.9. The zero-order valence-corrected chi connectivity index (χ0v) is 20.1. The van der Waals surface area contributed by atoms with Gasteiger partial charge in [0.05, 0.1) is 24.3 Å². The molecular weight excluding hydrogens is 440 g/mol. The summed E-state index contributed by atoms with van der Waals surface area (Å²) in [5, 5.41) is 0. The lowest BCUT2D eigenvalue weighted by molar-refractivity contribution is -0.368. The number of carbonyl (C=O) groups excluding carboxylic acids is 2. The molecule has 0 amide bonds. The Kier molecular flexibility index (Phi) is 11.7. The first kappa shape index (κ1) is 27.5. The van der Waals surface area contributed by atoms with Crippen LogP contribution in [0.1, 0.15) is 71.4 Å². The molecule has 0 heterocycles. The molecule has 0 aliphatic heterocycles. The van der Waals surface area contributed by atoms with Crippen LogP contribution in [-0.2, 0) is 29.0 Å². The third-order valence-corrected chi connectivity index (χ3v) is 4.78. The molecule has 2 aromatic rings. The van der Waals surface area contributed by atoms with Gasteiger partial charge in [0.15, 0.2) is 0 Å². The first-order valence-electron chi connectivity index (χ1n) is 11.1. The first-order chi connectivity index (χ1) is 16.3. The summed E-state index contributed by atoms with van der Waals surface area (Å²) in [6.07, 6.45) is -0.367. The molecule has 0 aliphatic carbocycles. The molecule has 0 aliphatic rings. The van der Waals surface area contributed by atoms with Crippen molar-refractivity contribution < 1.29 is 38.6 Å². The van der Waals surface area contributed by atoms with Gasteiger partial charge in [-0.05, 0) is 54.2 Å². The van der Waals surface area contributed by atoms with Crippen LogP contribution < -0.4 is 0 Å². The summed E-state index contributed by atoms with van der Waals surface area (Å²) < 4.78 is 10.4. The third kappa shape index (κ3) is 9.23. The maximum Gasteiger partial charge on any atom is 0.373 e. The molecule has 0 aromatic heterocycles. The smallest absolute Gasteiger partial charge is 0.373 e. The molecule has 0 saturated carbocycles. The Morgan fingerprint density at radius 1 is 0.676 bits per heavy atom. The van der Waals surface area contributed by atoms with Gasteiger partial charge in [0.2, 0.25) is 0 Å². The van der Waals surface area contributed by atoms with Gasteiger partial charge in [0.25, 0.3) is 0 Å². The second-order valence-corrected chi connectivity index (χ2v) is 8.00. The summed E-state index contributed by atoms with van der Waals surface area (Å²) in [5.74, 6) is -0.828. The molecule has 0 spiro atoms. The van der Waals surface area contributed by atoms with Gasteiger partial charge in [-0.2, -0.15) is 0 Å². The molecule has 2 aromatic carbocycles. The Morgan fingerprint density at radius 3 is 1.47 bits per heavy atom. The molecular formula is C26H32O8. The molecule has 8 heteroatoms. The second kappa shape index (κ2) is 14.5. The fraction of sp³-hybridized carbons (Fsp3) is 0.385. The molecule has 184 valence electrons. The van der Waals surface area contributed by atoms with Crippen molar-refractivity contribution in [1.29, 1.82) is 0 Å². The molecule has 2 rings (SSSR count). The van der Waals surface area contributed by atoms with Crippen LogP contribution in [0.5, 0.6) is 0 Å². The summed E-state index contributed by atoms with van der Waals surface area (Å²) in [4.78, 5) is 44.2. The lowest BCUT2D eigenvalue weighted by Crippen LogP contribution is -2.21. The minimum Gasteiger partial charge on any atom is -0.379 e. The maximum atomic E-state index is 12.3. The predicted molar refractivity (Wildman–Crippen MR) is 124 cm³/mol. The largest absolute Gasteiger partial charge is 0.379 e. The van der Waals surface area contributed by atoms with E-state index in [4.69, 9.17) is 29.0 Å². The number of hydrogen-bond acceptors (Lipinski definition) is 8. The van der Waals surface area contributed by atoms with Gasteiger partial charge in [-0.3, -0.25) is 9.78 Å². The van der Waals surface area contributed by atoms with Crippen LogP contribution in [0.15, 0.2) is 48.5 Å². The van der Waals surface area contributed by atoms with Crippen LogP contribution in [0, 0.1) is 13.2 Å². The first-order valence-corrected chi connectivity index (χ1v) is 11.1. The number of carbonyl (C=O) groups is 2. The van der Waals surface area contributed by atoms with Crippen molar-refractivity contribution in [2.75, 3.05) is 26.4 Å². The van der Waals surface area contributed by atoms with Gasteiger partial charge in [0, 0.05) is 6.61 Å². The molecule has 0 bridgehead atoms. The van der Waals surface area contributed by atoms with Crippen LogP contribution in [0.3, 0.4) is 0 Å². The molecule has 34 heavy (non-hydrogen) atoms. The van der Waals surface area contributed by atoms with Crippen molar-refractivity contribution in [1.82, 2.24) is 0 Å². The van der Waals surface area contributed by atoms with E-state index in [1.54, 1.807) is 24.3 Å². The highest BCUT2D eigenvalue weighted by molar-refractivity contribution is 5.89. The summed E-state index contributed by atoms with van der Waals surface area (Å²) in [5.41, 5.74) is 2.74. The predicted octanol–water partition coefficient (Wildman–Crippen LogP) is 5.17. The molecule has 0 unspecified atom stereocenters. The summed E-state index contributed by atoms with van der Waals surface area (Å²) in [6.45, 7) is 12.3. The third-order valence-electron chi connectivity index (χ3n) is 4.78. The van der Waals surface area contributed by atoms with E-state index in [9.17, 15) is 9.59 Å². The van der Waals surface area contributed by atoms with Crippen LogP contribution in [0.2, 0.25) is 0 Å². The lowest BCUT2D eigenvalue weighted by atomic mass is 10.0. The van der Waals surface area contributed by atoms with Gasteiger partial charge in [-0.15, -0.1) is 9.78 Å². The van der Waals surface area contributed by atoms with Gasteiger partial charge in [0.1, 0.15) is 6.61 Å². The minimum absolute atomic E-state index is 0.195. The zero-order valence-electron chi connectivity index (χ0n) is 20.1. The van der Waals surface area contributed by atoms with E-state index in [1.807, 2.05) is 24.3 Å². The van der Waals surface area contributed by atoms with Crippen LogP contribution in [0.25, 0.3) is 0 Å². The Bertz CT molecular complexity index is 807. The summed E-state index contributed by atoms with van der Waals surface area (Å²) >= 11 is 0. The number of rotatable bonds is 14. The molecule has 0 saturated heterocycles. The maximum absolute atomic E-state index is 12.3. The molecule has 2 radical (unpaired) electrons. The Morgan fingerprint density at radius 2 is 1.09 bits per heavy atom. The highest BCUT2D eigenvalue weighted by Gasteiger charge is 2.22. The quantitative estimate of drug-likeness (QED) is 0.211. The normalized spacial score (nSPS) is 11.3. The average molecular weight is 473 g/mol. The van der Waals surface area contributed by atoms with Gasteiger partial charge >= 0.3 is 18.2 Å².